The first kappa shape index (κ1) is 12.9. The van der Waals surface area contributed by atoms with Gasteiger partial charge in [0.15, 0.2) is 0 Å². The van der Waals surface area contributed by atoms with Crippen molar-refractivity contribution >= 4 is 17.5 Å². The molecule has 1 unspecified atom stereocenters. The quantitative estimate of drug-likeness (QED) is 0.840. The van der Waals surface area contributed by atoms with Crippen LogP contribution in [0.25, 0.3) is 5.65 Å². The number of hydrogen-bond donors (Lipinski definition) is 2. The smallest absolute Gasteiger partial charge is 0.323 e. The number of aromatic nitrogens is 2. The van der Waals surface area contributed by atoms with Crippen LogP contribution in [-0.4, -0.2) is 57.8 Å². The average Bonchev–Trinajstić information content (AvgIpc) is 2.90. The normalized spacial score (nSPS) is 19.2. The maximum Gasteiger partial charge on any atom is 0.323 e. The zero-order valence-electron chi connectivity index (χ0n) is 10.9. The monoisotopic (exact) mass is 276 g/mol. The number of aliphatic hydroxyl groups excluding tert-OH is 1. The van der Waals surface area contributed by atoms with E-state index in [1.165, 1.54) is 0 Å². The summed E-state index contributed by atoms with van der Waals surface area (Å²) in [5.74, 6) is 0.623. The van der Waals surface area contributed by atoms with Crippen LogP contribution in [0.3, 0.4) is 0 Å². The van der Waals surface area contributed by atoms with Crippen molar-refractivity contribution in [1.82, 2.24) is 14.3 Å². The molecule has 7 heteroatoms. The number of amides is 2. The predicted octanol–water partition coefficient (Wildman–Crippen LogP) is 0.559. The number of morpholine rings is 1. The zero-order chi connectivity index (χ0) is 13.9. The summed E-state index contributed by atoms with van der Waals surface area (Å²) in [5.41, 5.74) is 0.776. The van der Waals surface area contributed by atoms with Crippen LogP contribution in [0, 0.1) is 0 Å². The third-order valence-corrected chi connectivity index (χ3v) is 3.28. The van der Waals surface area contributed by atoms with E-state index in [-0.39, 0.29) is 18.7 Å². The standard InChI is InChI=1S/C13H16N4O3/c18-9-10-8-16(5-6-20-10)13(19)15-12-7-14-11-3-1-2-4-17(11)12/h1-4,7,10,18H,5-6,8-9H2,(H,15,19). The Hall–Kier alpha value is -2.12. The highest BCUT2D eigenvalue weighted by Gasteiger charge is 2.24. The molecule has 2 aromatic heterocycles. The number of nitrogens with one attached hydrogen (secondary N) is 1. The minimum absolute atomic E-state index is 0.0839. The van der Waals surface area contributed by atoms with E-state index in [4.69, 9.17) is 9.84 Å². The Morgan fingerprint density at radius 2 is 2.45 bits per heavy atom. The Morgan fingerprint density at radius 3 is 3.30 bits per heavy atom. The van der Waals surface area contributed by atoms with Gasteiger partial charge in [0.25, 0.3) is 0 Å². The molecule has 2 aromatic rings. The molecule has 2 amide bonds. The van der Waals surface area contributed by atoms with E-state index in [0.29, 0.717) is 25.5 Å². The fourth-order valence-electron chi connectivity index (χ4n) is 2.23. The fourth-order valence-corrected chi connectivity index (χ4v) is 2.23. The summed E-state index contributed by atoms with van der Waals surface area (Å²) < 4.78 is 7.13. The number of imidazole rings is 1. The van der Waals surface area contributed by atoms with Crippen LogP contribution in [-0.2, 0) is 4.74 Å². The first-order valence-corrected chi connectivity index (χ1v) is 6.48. The SMILES string of the molecule is O=C(Nc1cnc2ccccn12)N1CCOC(CO)C1. The number of pyridine rings is 1. The fraction of sp³-hybridized carbons (Fsp3) is 0.385. The number of rotatable bonds is 2. The number of anilines is 1. The Kier molecular flexibility index (Phi) is 3.53. The molecule has 0 radical (unpaired) electrons. The molecule has 3 heterocycles. The summed E-state index contributed by atoms with van der Waals surface area (Å²) in [5, 5.41) is 11.9. The van der Waals surface area contributed by atoms with Crippen LogP contribution in [0.15, 0.2) is 30.6 Å². The lowest BCUT2D eigenvalue weighted by atomic mass is 10.3. The van der Waals surface area contributed by atoms with E-state index in [1.54, 1.807) is 11.1 Å². The van der Waals surface area contributed by atoms with Gasteiger partial charge < -0.3 is 14.7 Å². The summed E-state index contributed by atoms with van der Waals surface area (Å²) >= 11 is 0. The van der Waals surface area contributed by atoms with Crippen LogP contribution >= 0.6 is 0 Å². The lowest BCUT2D eigenvalue weighted by Gasteiger charge is -2.31. The van der Waals surface area contributed by atoms with Crippen LogP contribution in [0.5, 0.6) is 0 Å². The van der Waals surface area contributed by atoms with Gasteiger partial charge in [-0.2, -0.15) is 0 Å². The molecule has 7 nitrogen and oxygen atoms in total. The molecule has 106 valence electrons. The van der Waals surface area contributed by atoms with E-state index >= 15 is 0 Å². The van der Waals surface area contributed by atoms with Gasteiger partial charge in [-0.05, 0) is 12.1 Å². The largest absolute Gasteiger partial charge is 0.394 e. The van der Waals surface area contributed by atoms with Crippen molar-refractivity contribution in [3.05, 3.63) is 30.6 Å². The Bertz CT molecular complexity index is 612. The first-order chi connectivity index (χ1) is 9.78. The number of nitrogens with zero attached hydrogens (tertiary/aromatic N) is 3. The van der Waals surface area contributed by atoms with Gasteiger partial charge in [0.1, 0.15) is 11.5 Å². The maximum atomic E-state index is 12.2. The Balaban J connectivity index is 1.72. The Morgan fingerprint density at radius 1 is 1.55 bits per heavy atom. The molecule has 0 aliphatic carbocycles. The molecule has 1 atom stereocenters. The Labute approximate surface area is 115 Å². The highest BCUT2D eigenvalue weighted by atomic mass is 16.5. The number of carbonyl (C=O) groups is 1. The molecule has 1 fully saturated rings. The van der Waals surface area contributed by atoms with Crippen LogP contribution in [0.1, 0.15) is 0 Å². The highest BCUT2D eigenvalue weighted by molar-refractivity contribution is 5.88. The predicted molar refractivity (Wildman–Crippen MR) is 72.6 cm³/mol. The lowest BCUT2D eigenvalue weighted by molar-refractivity contribution is -0.0388. The molecule has 0 spiro atoms. The molecule has 3 rings (SSSR count). The van der Waals surface area contributed by atoms with Crippen molar-refractivity contribution in [2.45, 2.75) is 6.10 Å². The average molecular weight is 276 g/mol. The van der Waals surface area contributed by atoms with Gasteiger partial charge in [0.05, 0.1) is 32.1 Å². The molecule has 2 N–H and O–H groups in total. The first-order valence-electron chi connectivity index (χ1n) is 6.48. The molecule has 1 saturated heterocycles. The molecule has 1 aliphatic heterocycles. The summed E-state index contributed by atoms with van der Waals surface area (Å²) in [6.45, 7) is 1.25. The van der Waals surface area contributed by atoms with Gasteiger partial charge in [-0.1, -0.05) is 6.07 Å². The summed E-state index contributed by atoms with van der Waals surface area (Å²) in [7, 11) is 0. The number of hydrogen-bond acceptors (Lipinski definition) is 4. The number of carbonyl (C=O) groups excluding carboxylic acids is 1. The van der Waals surface area contributed by atoms with Gasteiger partial charge in [-0.15, -0.1) is 0 Å². The number of fused-ring (bicyclic) bond motifs is 1. The number of urea groups is 1. The second-order valence-corrected chi connectivity index (χ2v) is 4.62. The number of ether oxygens (including phenoxy) is 1. The van der Waals surface area contributed by atoms with Gasteiger partial charge in [-0.25, -0.2) is 9.78 Å². The van der Waals surface area contributed by atoms with Crippen molar-refractivity contribution in [3.8, 4) is 0 Å². The topological polar surface area (TPSA) is 79.1 Å². The molecule has 1 aliphatic rings. The van der Waals surface area contributed by atoms with E-state index in [1.807, 2.05) is 28.8 Å². The van der Waals surface area contributed by atoms with Gasteiger partial charge in [-0.3, -0.25) is 9.72 Å². The summed E-state index contributed by atoms with van der Waals surface area (Å²) in [6, 6.07) is 5.42. The second-order valence-electron chi connectivity index (χ2n) is 4.62. The van der Waals surface area contributed by atoms with Gasteiger partial charge in [0, 0.05) is 12.7 Å². The minimum Gasteiger partial charge on any atom is -0.394 e. The molecule has 0 bridgehead atoms. The van der Waals surface area contributed by atoms with Crippen LogP contribution in [0.2, 0.25) is 0 Å². The minimum atomic E-state index is -0.309. The van der Waals surface area contributed by atoms with Crippen molar-refractivity contribution in [2.75, 3.05) is 31.6 Å². The molecular weight excluding hydrogens is 260 g/mol. The van der Waals surface area contributed by atoms with Crippen LogP contribution in [0.4, 0.5) is 10.6 Å². The third-order valence-electron chi connectivity index (χ3n) is 3.28. The number of aliphatic hydroxyl groups is 1. The third kappa shape index (κ3) is 2.45. The molecule has 0 saturated carbocycles. The molecule has 20 heavy (non-hydrogen) atoms. The van der Waals surface area contributed by atoms with Crippen molar-refractivity contribution < 1.29 is 14.6 Å². The van der Waals surface area contributed by atoms with Gasteiger partial charge >= 0.3 is 6.03 Å². The van der Waals surface area contributed by atoms with E-state index in [2.05, 4.69) is 10.3 Å². The maximum absolute atomic E-state index is 12.2. The van der Waals surface area contributed by atoms with Crippen molar-refractivity contribution in [2.24, 2.45) is 0 Å². The zero-order valence-corrected chi connectivity index (χ0v) is 10.9. The van der Waals surface area contributed by atoms with Crippen molar-refractivity contribution in [1.29, 1.82) is 0 Å². The van der Waals surface area contributed by atoms with Crippen molar-refractivity contribution in [3.63, 3.8) is 0 Å². The highest BCUT2D eigenvalue weighted by Crippen LogP contribution is 2.13. The molecular formula is C13H16N4O3. The van der Waals surface area contributed by atoms with E-state index in [0.717, 1.165) is 5.65 Å². The summed E-state index contributed by atoms with van der Waals surface area (Å²) in [4.78, 5) is 18.1. The van der Waals surface area contributed by atoms with Crippen LogP contribution < -0.4 is 5.32 Å². The summed E-state index contributed by atoms with van der Waals surface area (Å²) in [6.07, 6.45) is 3.15. The van der Waals surface area contributed by atoms with E-state index in [9.17, 15) is 4.79 Å². The molecule has 0 aromatic carbocycles. The van der Waals surface area contributed by atoms with Gasteiger partial charge in [0.2, 0.25) is 0 Å². The second kappa shape index (κ2) is 5.48. The van der Waals surface area contributed by atoms with E-state index < -0.39 is 0 Å². The lowest BCUT2D eigenvalue weighted by Crippen LogP contribution is -2.48.